The van der Waals surface area contributed by atoms with Crippen LogP contribution in [0.2, 0.25) is 10.0 Å². The first-order valence-corrected chi connectivity index (χ1v) is 13.7. The van der Waals surface area contributed by atoms with Crippen molar-refractivity contribution in [3.63, 3.8) is 0 Å². The summed E-state index contributed by atoms with van der Waals surface area (Å²) < 4.78 is 33.4. The molecule has 7 nitrogen and oxygen atoms in total. The zero-order valence-electron chi connectivity index (χ0n) is 17.8. The Hall–Kier alpha value is -2.09. The average Bonchev–Trinajstić information content (AvgIpc) is 3.26. The van der Waals surface area contributed by atoms with Gasteiger partial charge in [0, 0.05) is 26.6 Å². The van der Waals surface area contributed by atoms with Crippen LogP contribution in [0.1, 0.15) is 27.2 Å². The van der Waals surface area contributed by atoms with E-state index in [9.17, 15) is 13.6 Å². The zero-order valence-corrected chi connectivity index (χ0v) is 23.1. The molecule has 0 radical (unpaired) electrons. The molecule has 0 aliphatic carbocycles. The number of benzene rings is 3. The third kappa shape index (κ3) is 6.38. The smallest absolute Gasteiger partial charge is 0.268 e. The Morgan fingerprint density at radius 1 is 1.09 bits per heavy atom. The highest BCUT2D eigenvalue weighted by Crippen LogP contribution is 2.34. The van der Waals surface area contributed by atoms with Crippen molar-refractivity contribution in [2.24, 2.45) is 0 Å². The van der Waals surface area contributed by atoms with Gasteiger partial charge in [0.15, 0.2) is 5.82 Å². The monoisotopic (exact) mass is 658 g/mol. The first-order chi connectivity index (χ1) is 16.8. The molecule has 0 aliphatic heterocycles. The number of aromatic nitrogens is 2. The standard InChI is InChI=1S/C23H17Cl2IN4O3S2/c24-16-7-6-15(19(25)11-16)13-27-23(31)18-9-8-17(26)12-21(18)30(35(32)33)22-20(28-34-29-22)10-14-4-2-1-3-5-14/h1-9,11-12H,10,13H2,(H,27,31)(H,32,33). The van der Waals surface area contributed by atoms with Crippen LogP contribution in [0.15, 0.2) is 66.7 Å². The Morgan fingerprint density at radius 2 is 1.86 bits per heavy atom. The van der Waals surface area contributed by atoms with Gasteiger partial charge in [0.1, 0.15) is 5.69 Å². The Bertz CT molecular complexity index is 1390. The number of hydrogen-bond donors (Lipinski definition) is 2. The second-order valence-electron chi connectivity index (χ2n) is 7.30. The third-order valence-corrected chi connectivity index (χ3v) is 7.47. The first kappa shape index (κ1) is 26.0. The maximum absolute atomic E-state index is 13.2. The lowest BCUT2D eigenvalue weighted by molar-refractivity contribution is 0.0951. The molecule has 12 heteroatoms. The number of nitrogens with zero attached hydrogens (tertiary/aromatic N) is 3. The van der Waals surface area contributed by atoms with E-state index in [0.29, 0.717) is 27.7 Å². The molecule has 4 aromatic rings. The van der Waals surface area contributed by atoms with Gasteiger partial charge in [-0.15, -0.1) is 0 Å². The van der Waals surface area contributed by atoms with Crippen LogP contribution in [0.3, 0.4) is 0 Å². The van der Waals surface area contributed by atoms with Crippen LogP contribution in [0, 0.1) is 3.57 Å². The summed E-state index contributed by atoms with van der Waals surface area (Å²) in [6.45, 7) is 0.153. The van der Waals surface area contributed by atoms with Gasteiger partial charge in [0.05, 0.1) is 23.0 Å². The molecule has 1 atom stereocenters. The molecule has 0 aliphatic rings. The summed E-state index contributed by atoms with van der Waals surface area (Å²) in [7, 11) is 0. The van der Waals surface area contributed by atoms with E-state index < -0.39 is 17.2 Å². The lowest BCUT2D eigenvalue weighted by atomic mass is 10.1. The van der Waals surface area contributed by atoms with Crippen LogP contribution in [0.5, 0.6) is 0 Å². The SMILES string of the molecule is O=C(NCc1ccc(Cl)cc1Cl)c1ccc(I)cc1N(c1nsnc1Cc1ccccc1)S(=O)O. The van der Waals surface area contributed by atoms with E-state index in [0.717, 1.165) is 25.2 Å². The van der Waals surface area contributed by atoms with Crippen molar-refractivity contribution in [1.82, 2.24) is 14.1 Å². The molecule has 0 spiro atoms. The third-order valence-electron chi connectivity index (χ3n) is 4.98. The highest BCUT2D eigenvalue weighted by molar-refractivity contribution is 14.1. The molecule has 0 saturated carbocycles. The number of carbonyl (C=O) groups is 1. The summed E-state index contributed by atoms with van der Waals surface area (Å²) in [6, 6.07) is 19.6. The minimum atomic E-state index is -2.51. The van der Waals surface area contributed by atoms with Crippen LogP contribution >= 0.6 is 57.5 Å². The van der Waals surface area contributed by atoms with E-state index in [1.165, 1.54) is 0 Å². The predicted octanol–water partition coefficient (Wildman–Crippen LogP) is 6.25. The van der Waals surface area contributed by atoms with E-state index in [-0.39, 0.29) is 23.6 Å². The molecule has 180 valence electrons. The maximum Gasteiger partial charge on any atom is 0.268 e. The normalized spacial score (nSPS) is 11.8. The Kier molecular flexibility index (Phi) is 8.73. The maximum atomic E-state index is 13.2. The van der Waals surface area contributed by atoms with E-state index in [4.69, 9.17) is 23.2 Å². The Labute approximate surface area is 232 Å². The van der Waals surface area contributed by atoms with Gasteiger partial charge in [-0.1, -0.05) is 59.6 Å². The van der Waals surface area contributed by atoms with Crippen LogP contribution in [-0.2, 0) is 24.2 Å². The number of carbonyl (C=O) groups excluding carboxylic acids is 1. The molecule has 2 N–H and O–H groups in total. The quantitative estimate of drug-likeness (QED) is 0.173. The summed E-state index contributed by atoms with van der Waals surface area (Å²) in [5, 5.41) is 3.74. The van der Waals surface area contributed by atoms with Gasteiger partial charge in [0.25, 0.3) is 17.2 Å². The molecule has 35 heavy (non-hydrogen) atoms. The summed E-state index contributed by atoms with van der Waals surface area (Å²) in [5.41, 5.74) is 2.64. The number of nitrogens with one attached hydrogen (secondary N) is 1. The van der Waals surface area contributed by atoms with E-state index in [1.54, 1.807) is 36.4 Å². The highest BCUT2D eigenvalue weighted by Gasteiger charge is 2.27. The second kappa shape index (κ2) is 11.8. The van der Waals surface area contributed by atoms with Crippen LogP contribution in [0.25, 0.3) is 0 Å². The van der Waals surface area contributed by atoms with Crippen molar-refractivity contribution in [3.8, 4) is 0 Å². The number of anilines is 2. The fourth-order valence-corrected chi connectivity index (χ4v) is 5.49. The molecular formula is C23H17Cl2IN4O3S2. The molecule has 3 aromatic carbocycles. The van der Waals surface area contributed by atoms with Gasteiger partial charge >= 0.3 is 0 Å². The lowest BCUT2D eigenvalue weighted by Gasteiger charge is -2.21. The summed E-state index contributed by atoms with van der Waals surface area (Å²) in [6.07, 6.45) is 0.418. The minimum absolute atomic E-state index is 0.153. The van der Waals surface area contributed by atoms with Gasteiger partial charge in [-0.25, -0.2) is 8.51 Å². The first-order valence-electron chi connectivity index (χ1n) is 10.1. The van der Waals surface area contributed by atoms with E-state index in [2.05, 4.69) is 36.7 Å². The van der Waals surface area contributed by atoms with Crippen molar-refractivity contribution in [3.05, 3.63) is 103 Å². The molecule has 1 heterocycles. The van der Waals surface area contributed by atoms with Crippen LogP contribution in [-0.4, -0.2) is 23.4 Å². The van der Waals surface area contributed by atoms with Gasteiger partial charge in [-0.3, -0.25) is 9.35 Å². The number of hydrogen-bond acceptors (Lipinski definition) is 5. The Balaban J connectivity index is 1.67. The molecule has 1 aromatic heterocycles. The van der Waals surface area contributed by atoms with Gasteiger partial charge in [0.2, 0.25) is 0 Å². The average molecular weight is 659 g/mol. The topological polar surface area (TPSA) is 95.4 Å². The van der Waals surface area contributed by atoms with Crippen molar-refractivity contribution in [2.45, 2.75) is 13.0 Å². The van der Waals surface area contributed by atoms with Crippen molar-refractivity contribution in [1.29, 1.82) is 0 Å². The summed E-state index contributed by atoms with van der Waals surface area (Å²) >= 11 is 12.7. The fraction of sp³-hybridized carbons (Fsp3) is 0.0870. The van der Waals surface area contributed by atoms with Gasteiger partial charge in [-0.2, -0.15) is 8.75 Å². The van der Waals surface area contributed by atoms with Crippen LogP contribution < -0.4 is 9.62 Å². The molecule has 4 rings (SSSR count). The lowest BCUT2D eigenvalue weighted by Crippen LogP contribution is -2.28. The Morgan fingerprint density at radius 3 is 2.57 bits per heavy atom. The molecule has 1 amide bonds. The summed E-state index contributed by atoms with van der Waals surface area (Å²) in [5.74, 6) is -0.220. The summed E-state index contributed by atoms with van der Waals surface area (Å²) in [4.78, 5) is 13.2. The predicted molar refractivity (Wildman–Crippen MR) is 149 cm³/mol. The molecule has 0 fully saturated rings. The minimum Gasteiger partial charge on any atom is -0.348 e. The van der Waals surface area contributed by atoms with Crippen molar-refractivity contribution in [2.75, 3.05) is 4.31 Å². The van der Waals surface area contributed by atoms with Gasteiger partial charge < -0.3 is 5.32 Å². The number of halogens is 3. The fourth-order valence-electron chi connectivity index (χ4n) is 3.33. The zero-order chi connectivity index (χ0) is 24.9. The van der Waals surface area contributed by atoms with E-state index >= 15 is 0 Å². The van der Waals surface area contributed by atoms with Crippen LogP contribution in [0.4, 0.5) is 11.5 Å². The van der Waals surface area contributed by atoms with Gasteiger partial charge in [-0.05, 0) is 64.0 Å². The second-order valence-corrected chi connectivity index (χ2v) is 10.7. The molecule has 0 saturated heterocycles. The molecule has 1 unspecified atom stereocenters. The molecular weight excluding hydrogens is 642 g/mol. The highest BCUT2D eigenvalue weighted by atomic mass is 127. The van der Waals surface area contributed by atoms with Crippen molar-refractivity contribution >= 4 is 86.2 Å². The van der Waals surface area contributed by atoms with E-state index in [1.807, 2.05) is 30.3 Å². The largest absolute Gasteiger partial charge is 0.348 e. The van der Waals surface area contributed by atoms with Crippen molar-refractivity contribution < 1.29 is 13.6 Å². The molecule has 0 bridgehead atoms. The number of rotatable bonds is 8. The number of amides is 1.